The molecule has 0 saturated heterocycles. The van der Waals surface area contributed by atoms with E-state index in [1.54, 1.807) is 12.1 Å². The Morgan fingerprint density at radius 3 is 2.18 bits per heavy atom. The Hall–Kier alpha value is -2.65. The molecule has 0 aromatic heterocycles. The van der Waals surface area contributed by atoms with E-state index in [1.165, 1.54) is 69.1 Å². The van der Waals surface area contributed by atoms with E-state index in [0.29, 0.717) is 11.5 Å². The van der Waals surface area contributed by atoms with Crippen LogP contribution >= 0.6 is 11.6 Å². The van der Waals surface area contributed by atoms with Crippen LogP contribution in [0, 0.1) is 11.7 Å². The number of hydrogen-bond donors (Lipinski definition) is 0. The van der Waals surface area contributed by atoms with Gasteiger partial charge in [-0.1, -0.05) is 80.6 Å². The molecule has 178 valence electrons. The summed E-state index contributed by atoms with van der Waals surface area (Å²) in [6.45, 7) is 2.27. The van der Waals surface area contributed by atoms with Gasteiger partial charge in [0, 0.05) is 0 Å². The van der Waals surface area contributed by atoms with Gasteiger partial charge in [0.15, 0.2) is 0 Å². The Morgan fingerprint density at radius 1 is 0.912 bits per heavy atom. The highest BCUT2D eigenvalue weighted by molar-refractivity contribution is 6.32. The van der Waals surface area contributed by atoms with Gasteiger partial charge in [-0.2, -0.15) is 0 Å². The molecule has 3 aromatic rings. The topological polar surface area (TPSA) is 26.3 Å². The monoisotopic (exact) mass is 478 g/mol. The molecule has 4 rings (SSSR count). The molecule has 2 nitrogen and oxygen atoms in total. The van der Waals surface area contributed by atoms with Gasteiger partial charge in [-0.3, -0.25) is 0 Å². The highest BCUT2D eigenvalue weighted by Crippen LogP contribution is 2.38. The Balaban J connectivity index is 1.34. The van der Waals surface area contributed by atoms with Crippen LogP contribution in [0.1, 0.15) is 80.1 Å². The lowest BCUT2D eigenvalue weighted by atomic mass is 9.77. The van der Waals surface area contributed by atoms with Crippen LogP contribution in [-0.4, -0.2) is 5.97 Å². The van der Waals surface area contributed by atoms with Crippen LogP contribution in [0.4, 0.5) is 4.39 Å². The van der Waals surface area contributed by atoms with Crippen LogP contribution in [0.25, 0.3) is 11.1 Å². The van der Waals surface area contributed by atoms with Crippen LogP contribution in [0.5, 0.6) is 5.75 Å². The lowest BCUT2D eigenvalue weighted by Gasteiger charge is -2.29. The number of halogens is 2. The largest absolute Gasteiger partial charge is 0.421 e. The second kappa shape index (κ2) is 11.7. The zero-order chi connectivity index (χ0) is 23.9. The fourth-order valence-electron chi connectivity index (χ4n) is 4.93. The van der Waals surface area contributed by atoms with Crippen LogP contribution in [0.15, 0.2) is 66.7 Å². The molecule has 1 fully saturated rings. The highest BCUT2D eigenvalue weighted by Gasteiger charge is 2.22. The molecule has 1 aliphatic carbocycles. The van der Waals surface area contributed by atoms with Gasteiger partial charge in [0.2, 0.25) is 0 Å². The van der Waals surface area contributed by atoms with Crippen molar-refractivity contribution in [3.05, 3.63) is 88.7 Å². The minimum atomic E-state index is -0.527. The van der Waals surface area contributed by atoms with Gasteiger partial charge in [0.1, 0.15) is 11.6 Å². The molecule has 0 amide bonds. The van der Waals surface area contributed by atoms with E-state index in [-0.39, 0.29) is 10.8 Å². The van der Waals surface area contributed by atoms with Gasteiger partial charge in [0.05, 0.1) is 10.6 Å². The Bertz CT molecular complexity index is 1080. The van der Waals surface area contributed by atoms with Crippen LogP contribution in [-0.2, 0) is 0 Å². The molecule has 0 aliphatic heterocycles. The average Bonchev–Trinajstić information content (AvgIpc) is 2.86. The van der Waals surface area contributed by atoms with Gasteiger partial charge in [0.25, 0.3) is 0 Å². The number of unbranched alkanes of at least 4 members (excludes halogenated alkanes) is 2. The zero-order valence-electron chi connectivity index (χ0n) is 19.7. The molecular formula is C30H32ClFO2. The van der Waals surface area contributed by atoms with Gasteiger partial charge in [-0.15, -0.1) is 0 Å². The van der Waals surface area contributed by atoms with E-state index in [0.717, 1.165) is 23.1 Å². The maximum atomic E-state index is 13.2. The second-order valence-corrected chi connectivity index (χ2v) is 9.78. The third-order valence-corrected chi connectivity index (χ3v) is 7.29. The minimum Gasteiger partial charge on any atom is -0.421 e. The summed E-state index contributed by atoms with van der Waals surface area (Å²) in [6.07, 6.45) is 10.8. The van der Waals surface area contributed by atoms with Crippen molar-refractivity contribution < 1.29 is 13.9 Å². The lowest BCUT2D eigenvalue weighted by molar-refractivity contribution is 0.0734. The minimum absolute atomic E-state index is 0.0649. The third-order valence-electron chi connectivity index (χ3n) is 7.00. The fraction of sp³-hybridized carbons (Fsp3) is 0.367. The number of ether oxygens (including phenoxy) is 1. The molecule has 4 heteroatoms. The van der Waals surface area contributed by atoms with Crippen molar-refractivity contribution in [3.63, 3.8) is 0 Å². The Morgan fingerprint density at radius 2 is 1.56 bits per heavy atom. The molecule has 34 heavy (non-hydrogen) atoms. The van der Waals surface area contributed by atoms with E-state index in [2.05, 4.69) is 31.2 Å². The van der Waals surface area contributed by atoms with Crippen molar-refractivity contribution in [2.45, 2.75) is 64.2 Å². The normalized spacial score (nSPS) is 18.0. The smallest absolute Gasteiger partial charge is 0.343 e. The number of carbonyl (C=O) groups excluding carboxylic acids is 1. The standard InChI is InChI=1S/C30H32ClFO2/c1-2-3-4-5-21-6-8-22(9-7-21)23-10-12-24(13-11-23)25-14-16-26(17-15-25)30(33)34-29-19-18-27(32)20-28(29)31/h10-22H,2-9H2,1H3/t21-,22-. The fourth-order valence-corrected chi connectivity index (χ4v) is 5.14. The first-order chi connectivity index (χ1) is 16.5. The number of benzene rings is 3. The number of carbonyl (C=O) groups is 1. The van der Waals surface area contributed by atoms with Crippen molar-refractivity contribution >= 4 is 17.6 Å². The first kappa shape index (κ1) is 24.5. The molecule has 1 saturated carbocycles. The van der Waals surface area contributed by atoms with Crippen LogP contribution < -0.4 is 4.74 Å². The van der Waals surface area contributed by atoms with Gasteiger partial charge in [-0.25, -0.2) is 9.18 Å². The van der Waals surface area contributed by atoms with E-state index in [9.17, 15) is 9.18 Å². The zero-order valence-corrected chi connectivity index (χ0v) is 20.5. The molecule has 0 N–H and O–H groups in total. The number of rotatable bonds is 8. The molecule has 0 spiro atoms. The van der Waals surface area contributed by atoms with Gasteiger partial charge in [-0.05, 0) is 84.5 Å². The maximum absolute atomic E-state index is 13.2. The van der Waals surface area contributed by atoms with Crippen molar-refractivity contribution in [2.75, 3.05) is 0 Å². The van der Waals surface area contributed by atoms with Crippen molar-refractivity contribution in [1.82, 2.24) is 0 Å². The van der Waals surface area contributed by atoms with Crippen molar-refractivity contribution in [1.29, 1.82) is 0 Å². The summed E-state index contributed by atoms with van der Waals surface area (Å²) in [6, 6.07) is 19.9. The summed E-state index contributed by atoms with van der Waals surface area (Å²) in [7, 11) is 0. The molecular weight excluding hydrogens is 447 g/mol. The molecule has 0 heterocycles. The average molecular weight is 479 g/mol. The predicted molar refractivity (Wildman–Crippen MR) is 137 cm³/mol. The first-order valence-electron chi connectivity index (χ1n) is 12.4. The lowest BCUT2D eigenvalue weighted by Crippen LogP contribution is -2.13. The third kappa shape index (κ3) is 6.27. The number of hydrogen-bond acceptors (Lipinski definition) is 2. The predicted octanol–water partition coefficient (Wildman–Crippen LogP) is 9.22. The molecule has 0 unspecified atom stereocenters. The molecule has 0 atom stereocenters. The summed E-state index contributed by atoms with van der Waals surface area (Å²) in [5, 5.41) is 0.0649. The van der Waals surface area contributed by atoms with E-state index < -0.39 is 11.8 Å². The quantitative estimate of drug-likeness (QED) is 0.183. The van der Waals surface area contributed by atoms with E-state index in [1.807, 2.05) is 12.1 Å². The molecule has 1 aliphatic rings. The SMILES string of the molecule is CCCCC[C@H]1CC[C@H](c2ccc(-c3ccc(C(=O)Oc4ccc(F)cc4Cl)cc3)cc2)CC1. The summed E-state index contributed by atoms with van der Waals surface area (Å²) in [4.78, 5) is 12.4. The van der Waals surface area contributed by atoms with Crippen molar-refractivity contribution in [2.24, 2.45) is 5.92 Å². The number of esters is 1. The first-order valence-corrected chi connectivity index (χ1v) is 12.8. The summed E-state index contributed by atoms with van der Waals surface area (Å²) in [5.41, 5.74) is 4.02. The summed E-state index contributed by atoms with van der Waals surface area (Å²) >= 11 is 5.95. The summed E-state index contributed by atoms with van der Waals surface area (Å²) in [5.74, 6) is 0.733. The highest BCUT2D eigenvalue weighted by atomic mass is 35.5. The van der Waals surface area contributed by atoms with Gasteiger partial charge < -0.3 is 4.74 Å². The van der Waals surface area contributed by atoms with Crippen molar-refractivity contribution in [3.8, 4) is 16.9 Å². The maximum Gasteiger partial charge on any atom is 0.343 e. The van der Waals surface area contributed by atoms with E-state index >= 15 is 0 Å². The molecule has 3 aromatic carbocycles. The van der Waals surface area contributed by atoms with E-state index in [4.69, 9.17) is 16.3 Å². The Labute approximate surface area is 207 Å². The second-order valence-electron chi connectivity index (χ2n) is 9.38. The van der Waals surface area contributed by atoms with Crippen LogP contribution in [0.3, 0.4) is 0 Å². The Kier molecular flexibility index (Phi) is 8.39. The molecule has 0 bridgehead atoms. The summed E-state index contributed by atoms with van der Waals surface area (Å²) < 4.78 is 18.5. The van der Waals surface area contributed by atoms with Gasteiger partial charge >= 0.3 is 5.97 Å². The van der Waals surface area contributed by atoms with Crippen LogP contribution in [0.2, 0.25) is 5.02 Å². The molecule has 0 radical (unpaired) electrons.